The van der Waals surface area contributed by atoms with Gasteiger partial charge in [-0.2, -0.15) is 8.42 Å². The van der Waals surface area contributed by atoms with Crippen LogP contribution in [0.1, 0.15) is 77.5 Å². The number of Topliss-reactive ketones (excluding diaryl/α,β-unsaturated/α-hetero) is 1. The lowest BCUT2D eigenvalue weighted by Crippen LogP contribution is -2.59. The van der Waals surface area contributed by atoms with Crippen LogP contribution in [-0.4, -0.2) is 135 Å². The highest BCUT2D eigenvalue weighted by atomic mass is 32.2. The van der Waals surface area contributed by atoms with Crippen LogP contribution in [0.15, 0.2) is 47.4 Å². The molecule has 0 aliphatic carbocycles. The molecular weight excluding hydrogens is 839 g/mol. The van der Waals surface area contributed by atoms with Gasteiger partial charge in [0.05, 0.1) is 25.8 Å². The Balaban J connectivity index is 1.71. The predicted molar refractivity (Wildman–Crippen MR) is 232 cm³/mol. The molecule has 1 unspecified atom stereocenters. The van der Waals surface area contributed by atoms with Crippen molar-refractivity contribution in [3.63, 3.8) is 0 Å². The minimum Gasteiger partial charge on any atom is -0.482 e. The first-order valence-corrected chi connectivity index (χ1v) is 22.6. The molecule has 18 nitrogen and oxygen atoms in total. The van der Waals surface area contributed by atoms with Crippen molar-refractivity contribution >= 4 is 45.5 Å². The number of hydrogen-bond acceptors (Lipinski definition) is 13. The molecule has 1 aliphatic heterocycles. The number of carboxylic acids is 1. The summed E-state index contributed by atoms with van der Waals surface area (Å²) in [6.07, 6.45) is 0.961. The van der Waals surface area contributed by atoms with Gasteiger partial charge in [-0.3, -0.25) is 33.1 Å². The van der Waals surface area contributed by atoms with Crippen molar-refractivity contribution < 1.29 is 61.1 Å². The Labute approximate surface area is 370 Å². The van der Waals surface area contributed by atoms with Crippen molar-refractivity contribution in [1.82, 2.24) is 26.2 Å². The van der Waals surface area contributed by atoms with E-state index in [9.17, 15) is 42.3 Å². The third kappa shape index (κ3) is 17.3. The Bertz CT molecular complexity index is 1980. The second-order valence-corrected chi connectivity index (χ2v) is 18.6. The normalized spacial score (nSPS) is 16.2. The van der Waals surface area contributed by atoms with Gasteiger partial charge in [-0.05, 0) is 94.0 Å². The molecule has 63 heavy (non-hydrogen) atoms. The number of rotatable bonds is 25. The Morgan fingerprint density at radius 2 is 1.37 bits per heavy atom. The lowest BCUT2D eigenvalue weighted by atomic mass is 9.90. The van der Waals surface area contributed by atoms with Gasteiger partial charge < -0.3 is 41.0 Å². The highest BCUT2D eigenvalue weighted by molar-refractivity contribution is 7.86. The molecule has 0 spiro atoms. The summed E-state index contributed by atoms with van der Waals surface area (Å²) in [4.78, 5) is 80.8. The van der Waals surface area contributed by atoms with Gasteiger partial charge in [0.15, 0.2) is 12.4 Å². The van der Waals surface area contributed by atoms with Gasteiger partial charge in [0.1, 0.15) is 41.0 Å². The van der Waals surface area contributed by atoms with Crippen molar-refractivity contribution in [2.45, 2.75) is 116 Å². The summed E-state index contributed by atoms with van der Waals surface area (Å²) in [6, 6.07) is 7.46. The molecule has 350 valence electrons. The van der Waals surface area contributed by atoms with E-state index in [2.05, 4.69) is 21.3 Å². The highest BCUT2D eigenvalue weighted by Gasteiger charge is 2.40. The SMILES string of the molecule is Cc1cc(OCC(=O)O)cc(C)c1S(=O)(=O)OC[C@@](C)(O)C(=O)[C@H](CC(C)C)NC(=O)[C@H](C)NC(=O)C(CC(C)C)NC(=O)[C@H](CCc1ccccc1)NC(=O)CN1CCOCC1. The van der Waals surface area contributed by atoms with Crippen molar-refractivity contribution in [1.29, 1.82) is 0 Å². The molecule has 2 aromatic rings. The predicted octanol–water partition coefficient (Wildman–Crippen LogP) is 1.81. The van der Waals surface area contributed by atoms with E-state index in [1.807, 2.05) is 49.1 Å². The van der Waals surface area contributed by atoms with Crippen LogP contribution in [0.2, 0.25) is 0 Å². The van der Waals surface area contributed by atoms with E-state index < -0.39 is 82.6 Å². The molecule has 1 saturated heterocycles. The summed E-state index contributed by atoms with van der Waals surface area (Å²) in [5, 5.41) is 31.1. The lowest BCUT2D eigenvalue weighted by Gasteiger charge is -2.30. The smallest absolute Gasteiger partial charge is 0.341 e. The number of amides is 4. The maximum Gasteiger partial charge on any atom is 0.341 e. The molecule has 6 N–H and O–H groups in total. The Kier molecular flexibility index (Phi) is 20.1. The molecule has 1 heterocycles. The lowest BCUT2D eigenvalue weighted by molar-refractivity contribution is -0.143. The van der Waals surface area contributed by atoms with Crippen molar-refractivity contribution in [2.75, 3.05) is 46.1 Å². The molecule has 0 saturated carbocycles. The van der Waals surface area contributed by atoms with E-state index >= 15 is 0 Å². The molecule has 2 aromatic carbocycles. The monoisotopic (exact) mass is 903 g/mol. The van der Waals surface area contributed by atoms with E-state index in [1.165, 1.54) is 32.9 Å². The maximum atomic E-state index is 13.9. The number of benzene rings is 2. The standard InChI is InChI=1S/C44H65N5O13S/c1-27(2)20-35(40(53)44(8,57)26-62-63(58,59)39-29(5)22-33(23-30(39)6)61-25-38(51)52)47-41(54)31(7)45-43(56)36(21-28(3)4)48-42(55)34(15-14-32-12-10-9-11-13-32)46-37(50)24-49-16-18-60-19-17-49/h9-13,22-23,27-28,31,34-36,57H,14-21,24-26H2,1-8H3,(H,45,56)(H,46,50)(H,47,54)(H,48,55)(H,51,52)/t31-,34-,35-,36?,44+/m0/s1. The van der Waals surface area contributed by atoms with Crippen molar-refractivity contribution in [2.24, 2.45) is 11.8 Å². The van der Waals surface area contributed by atoms with E-state index in [4.69, 9.17) is 18.8 Å². The molecule has 1 aliphatic rings. The number of nitrogens with one attached hydrogen (secondary N) is 4. The molecule has 19 heteroatoms. The number of aryl methyl sites for hydroxylation is 3. The summed E-state index contributed by atoms with van der Waals surface area (Å²) in [7, 11) is -4.57. The van der Waals surface area contributed by atoms with Gasteiger partial charge in [-0.25, -0.2) is 4.79 Å². The molecule has 0 bridgehead atoms. The fourth-order valence-corrected chi connectivity index (χ4v) is 8.42. The van der Waals surface area contributed by atoms with Gasteiger partial charge in [0, 0.05) is 13.1 Å². The zero-order valence-electron chi connectivity index (χ0n) is 37.5. The Morgan fingerprint density at radius 1 is 0.810 bits per heavy atom. The summed E-state index contributed by atoms with van der Waals surface area (Å²) < 4.78 is 42.4. The summed E-state index contributed by atoms with van der Waals surface area (Å²) in [6.45, 7) is 13.2. The Hall–Kier alpha value is -4.95. The van der Waals surface area contributed by atoms with Gasteiger partial charge >= 0.3 is 5.97 Å². The molecule has 4 amide bonds. The first-order valence-electron chi connectivity index (χ1n) is 21.2. The summed E-state index contributed by atoms with van der Waals surface area (Å²) in [5.74, 6) is -4.68. The number of carboxylic acid groups (broad SMARTS) is 1. The van der Waals surface area contributed by atoms with Crippen LogP contribution in [0, 0.1) is 25.7 Å². The molecule has 5 atom stereocenters. The van der Waals surface area contributed by atoms with Crippen LogP contribution in [0.3, 0.4) is 0 Å². The van der Waals surface area contributed by atoms with E-state index in [0.29, 0.717) is 32.7 Å². The first-order chi connectivity index (χ1) is 29.5. The van der Waals surface area contributed by atoms with Crippen LogP contribution < -0.4 is 26.0 Å². The Morgan fingerprint density at radius 3 is 1.94 bits per heavy atom. The number of carbonyl (C=O) groups excluding carboxylic acids is 5. The molecule has 0 aromatic heterocycles. The number of ketones is 1. The largest absolute Gasteiger partial charge is 0.482 e. The second kappa shape index (κ2) is 24.2. The fraction of sp³-hybridized carbons (Fsp3) is 0.591. The highest BCUT2D eigenvalue weighted by Crippen LogP contribution is 2.28. The number of ether oxygens (including phenoxy) is 2. The zero-order valence-corrected chi connectivity index (χ0v) is 38.3. The molecule has 1 fully saturated rings. The number of hydrogen-bond donors (Lipinski definition) is 6. The van der Waals surface area contributed by atoms with E-state index in [-0.39, 0.29) is 65.3 Å². The van der Waals surface area contributed by atoms with E-state index in [0.717, 1.165) is 12.5 Å². The van der Waals surface area contributed by atoms with Crippen LogP contribution in [-0.2, 0) is 54.2 Å². The molecular formula is C44H65N5O13S. The third-order valence-corrected chi connectivity index (χ3v) is 11.8. The minimum atomic E-state index is -4.57. The number of aliphatic hydroxyl groups is 1. The third-order valence-electron chi connectivity index (χ3n) is 10.2. The molecule has 3 rings (SSSR count). The van der Waals surface area contributed by atoms with Gasteiger partial charge in [-0.1, -0.05) is 58.0 Å². The van der Waals surface area contributed by atoms with Crippen LogP contribution in [0.4, 0.5) is 0 Å². The topological polar surface area (TPSA) is 256 Å². The van der Waals surface area contributed by atoms with Gasteiger partial charge in [-0.15, -0.1) is 0 Å². The number of carbonyl (C=O) groups is 6. The zero-order chi connectivity index (χ0) is 47.1. The number of nitrogens with zero attached hydrogens (tertiary/aromatic N) is 1. The van der Waals surface area contributed by atoms with Gasteiger partial charge in [0.2, 0.25) is 23.6 Å². The fourth-order valence-electron chi connectivity index (χ4n) is 7.01. The quantitative estimate of drug-likeness (QED) is 0.0778. The molecule has 0 radical (unpaired) electrons. The van der Waals surface area contributed by atoms with Crippen LogP contribution in [0.5, 0.6) is 5.75 Å². The summed E-state index contributed by atoms with van der Waals surface area (Å²) in [5.41, 5.74) is -1.11. The van der Waals surface area contributed by atoms with Crippen molar-refractivity contribution in [3.05, 3.63) is 59.2 Å². The summed E-state index contributed by atoms with van der Waals surface area (Å²) >= 11 is 0. The maximum absolute atomic E-state index is 13.9. The average molecular weight is 904 g/mol. The van der Waals surface area contributed by atoms with E-state index in [1.54, 1.807) is 13.8 Å². The first kappa shape index (κ1) is 52.4. The second-order valence-electron chi connectivity index (χ2n) is 17.1. The minimum absolute atomic E-state index is 0.0395. The van der Waals surface area contributed by atoms with Crippen LogP contribution in [0.25, 0.3) is 0 Å². The van der Waals surface area contributed by atoms with Gasteiger partial charge in [0.25, 0.3) is 10.1 Å². The number of aliphatic carboxylic acids is 1. The van der Waals surface area contributed by atoms with Crippen molar-refractivity contribution in [3.8, 4) is 5.75 Å². The van der Waals surface area contributed by atoms with Crippen LogP contribution >= 0.6 is 0 Å². The number of morpholine rings is 1. The average Bonchev–Trinajstić information content (AvgIpc) is 3.20.